The summed E-state index contributed by atoms with van der Waals surface area (Å²) in [4.78, 5) is 6.67. The van der Waals surface area contributed by atoms with Gasteiger partial charge in [0, 0.05) is 0 Å². The van der Waals surface area contributed by atoms with Crippen LogP contribution in [0.5, 0.6) is 0 Å². The first-order valence-corrected chi connectivity index (χ1v) is 13.7. The third-order valence-electron chi connectivity index (χ3n) is 1.51. The van der Waals surface area contributed by atoms with Crippen molar-refractivity contribution in [3.63, 3.8) is 0 Å². The van der Waals surface area contributed by atoms with Gasteiger partial charge in [-0.1, -0.05) is 0 Å². The molecule has 0 saturated carbocycles. The molecule has 0 aromatic rings. The van der Waals surface area contributed by atoms with Gasteiger partial charge in [0.05, 0.1) is 0 Å². The van der Waals surface area contributed by atoms with Gasteiger partial charge in [-0.05, 0) is 0 Å². The molecule has 2 heteroatoms. The maximum absolute atomic E-state index is 5.90. The summed E-state index contributed by atoms with van der Waals surface area (Å²) < 4.78 is 5.90. The summed E-state index contributed by atoms with van der Waals surface area (Å²) in [7, 11) is 0. The van der Waals surface area contributed by atoms with Crippen LogP contribution in [0.3, 0.4) is 0 Å². The molecule has 0 bridgehead atoms. The Morgan fingerprint density at radius 1 is 1.45 bits per heavy atom. The van der Waals surface area contributed by atoms with Crippen LogP contribution in [0.25, 0.3) is 0 Å². The van der Waals surface area contributed by atoms with E-state index >= 15 is 0 Å². The number of hydrogen-bond acceptors (Lipinski definition) is 1. The molecule has 0 aliphatic heterocycles. The van der Waals surface area contributed by atoms with Crippen LogP contribution in [0.1, 0.15) is 20.3 Å². The second-order valence-electron chi connectivity index (χ2n) is 3.94. The molecule has 1 atom stereocenters. The zero-order valence-electron chi connectivity index (χ0n) is 8.19. The number of hydrogen-bond donors (Lipinski definition) is 0. The minimum atomic E-state index is -2.15. The summed E-state index contributed by atoms with van der Waals surface area (Å²) in [5, 5.41) is 0. The molecule has 0 aliphatic carbocycles. The molecule has 0 fully saturated rings. The molecule has 64 valence electrons. The van der Waals surface area contributed by atoms with E-state index in [1.165, 1.54) is 0 Å². The Kier molecular flexibility index (Phi) is 3.93. The molecule has 1 unspecified atom stereocenters. The van der Waals surface area contributed by atoms with Crippen molar-refractivity contribution in [2.45, 2.75) is 40.7 Å². The molecule has 0 N–H and O–H groups in total. The van der Waals surface area contributed by atoms with Crippen LogP contribution in [-0.4, -0.2) is 24.4 Å². The molecule has 0 aromatic heterocycles. The first kappa shape index (κ1) is 11.3. The SMILES string of the molecule is C#CC(C)(CC)[O][Sn]([CH3])([CH3])[CH3]. The van der Waals surface area contributed by atoms with Gasteiger partial charge < -0.3 is 0 Å². The molecule has 0 aromatic carbocycles. The van der Waals surface area contributed by atoms with Crippen molar-refractivity contribution in [2.75, 3.05) is 0 Å². The summed E-state index contributed by atoms with van der Waals surface area (Å²) in [6, 6.07) is 0. The van der Waals surface area contributed by atoms with Gasteiger partial charge in [0.15, 0.2) is 0 Å². The topological polar surface area (TPSA) is 9.23 Å². The summed E-state index contributed by atoms with van der Waals surface area (Å²) >= 11 is -2.15. The summed E-state index contributed by atoms with van der Waals surface area (Å²) in [6.45, 7) is 4.06. The van der Waals surface area contributed by atoms with Crippen molar-refractivity contribution in [3.8, 4) is 12.3 Å². The fraction of sp³-hybridized carbons (Fsp3) is 0.778. The molecule has 0 saturated heterocycles. The van der Waals surface area contributed by atoms with Crippen molar-refractivity contribution in [2.24, 2.45) is 0 Å². The fourth-order valence-corrected chi connectivity index (χ4v) is 5.32. The van der Waals surface area contributed by atoms with E-state index in [-0.39, 0.29) is 5.60 Å². The van der Waals surface area contributed by atoms with E-state index < -0.39 is 18.8 Å². The van der Waals surface area contributed by atoms with E-state index in [1.807, 2.05) is 6.92 Å². The molecule has 11 heavy (non-hydrogen) atoms. The predicted molar refractivity (Wildman–Crippen MR) is 52.0 cm³/mol. The summed E-state index contributed by atoms with van der Waals surface area (Å²) in [5.41, 5.74) is -0.311. The first-order valence-electron chi connectivity index (χ1n) is 4.01. The average Bonchev–Trinajstić information content (AvgIpc) is 1.84. The van der Waals surface area contributed by atoms with Crippen LogP contribution in [0.2, 0.25) is 14.8 Å². The summed E-state index contributed by atoms with van der Waals surface area (Å²) in [6.07, 6.45) is 6.28. The fourth-order valence-electron chi connectivity index (χ4n) is 0.879. The zero-order chi connectivity index (χ0) is 9.12. The Morgan fingerprint density at radius 2 is 1.91 bits per heavy atom. The van der Waals surface area contributed by atoms with Crippen molar-refractivity contribution in [3.05, 3.63) is 0 Å². The van der Waals surface area contributed by atoms with Crippen molar-refractivity contribution < 1.29 is 3.07 Å². The molecule has 0 rings (SSSR count). The van der Waals surface area contributed by atoms with Gasteiger partial charge in [-0.3, -0.25) is 0 Å². The quantitative estimate of drug-likeness (QED) is 0.560. The van der Waals surface area contributed by atoms with Crippen LogP contribution >= 0.6 is 0 Å². The second kappa shape index (κ2) is 3.82. The van der Waals surface area contributed by atoms with Crippen LogP contribution < -0.4 is 0 Å². The van der Waals surface area contributed by atoms with Crippen LogP contribution in [0.4, 0.5) is 0 Å². The van der Waals surface area contributed by atoms with E-state index in [0.717, 1.165) is 6.42 Å². The third kappa shape index (κ3) is 4.71. The monoisotopic (exact) mass is 262 g/mol. The number of terminal acetylenes is 1. The zero-order valence-corrected chi connectivity index (χ0v) is 11.0. The molecule has 0 amide bonds. The maximum atomic E-state index is 5.90. The van der Waals surface area contributed by atoms with Crippen molar-refractivity contribution in [1.29, 1.82) is 0 Å². The second-order valence-corrected chi connectivity index (χ2v) is 16.6. The molecule has 0 aliphatic rings. The number of rotatable bonds is 3. The van der Waals surface area contributed by atoms with E-state index in [9.17, 15) is 0 Å². The molecule has 0 radical (unpaired) electrons. The Morgan fingerprint density at radius 3 is 2.00 bits per heavy atom. The van der Waals surface area contributed by atoms with Crippen molar-refractivity contribution >= 4 is 18.8 Å². The average molecular weight is 261 g/mol. The van der Waals surface area contributed by atoms with E-state index in [2.05, 4.69) is 27.7 Å². The van der Waals surface area contributed by atoms with E-state index in [1.54, 1.807) is 0 Å². The van der Waals surface area contributed by atoms with Crippen LogP contribution in [0.15, 0.2) is 0 Å². The molecule has 0 spiro atoms. The summed E-state index contributed by atoms with van der Waals surface area (Å²) in [5.74, 6) is 2.71. The Labute approximate surface area is 74.9 Å². The van der Waals surface area contributed by atoms with E-state index in [0.29, 0.717) is 0 Å². The van der Waals surface area contributed by atoms with E-state index in [4.69, 9.17) is 9.50 Å². The molecule has 1 nitrogen and oxygen atoms in total. The third-order valence-corrected chi connectivity index (χ3v) is 4.55. The Hall–Kier alpha value is 0.319. The normalized spacial score (nSPS) is 17.1. The standard InChI is InChI=1S/C6H9O.3CH3.Sn/c1-4-6(3,7)5-2;;;;/h1H,5H2,2-3H3;3*1H3;/q-1;;;;+1. The first-order chi connectivity index (χ1) is 4.83. The molecule has 0 heterocycles. The van der Waals surface area contributed by atoms with Crippen LogP contribution in [-0.2, 0) is 3.07 Å². The van der Waals surface area contributed by atoms with Gasteiger partial charge >= 0.3 is 74.9 Å². The van der Waals surface area contributed by atoms with Gasteiger partial charge in [-0.2, -0.15) is 0 Å². The molecular weight excluding hydrogens is 243 g/mol. The van der Waals surface area contributed by atoms with Gasteiger partial charge in [0.25, 0.3) is 0 Å². The van der Waals surface area contributed by atoms with Crippen molar-refractivity contribution in [1.82, 2.24) is 0 Å². The molecular formula is C9H18OSn. The Balaban J connectivity index is 4.23. The minimum absolute atomic E-state index is 0.311. The van der Waals surface area contributed by atoms with Gasteiger partial charge in [-0.15, -0.1) is 0 Å². The van der Waals surface area contributed by atoms with Gasteiger partial charge in [0.2, 0.25) is 0 Å². The predicted octanol–water partition coefficient (Wildman–Crippen LogP) is 2.64. The van der Waals surface area contributed by atoms with Gasteiger partial charge in [0.1, 0.15) is 0 Å². The van der Waals surface area contributed by atoms with Gasteiger partial charge in [-0.25, -0.2) is 0 Å². The Bertz CT molecular complexity index is 163. The van der Waals surface area contributed by atoms with Crippen LogP contribution in [0, 0.1) is 12.3 Å².